The number of rotatable bonds is 14. The molecule has 3 aromatic carbocycles. The van der Waals surface area contributed by atoms with Crippen molar-refractivity contribution in [3.63, 3.8) is 0 Å². The second-order valence-electron chi connectivity index (χ2n) is 9.70. The van der Waals surface area contributed by atoms with Gasteiger partial charge in [-0.05, 0) is 50.1 Å². The van der Waals surface area contributed by atoms with Crippen molar-refractivity contribution in [2.75, 3.05) is 31.6 Å². The maximum atomic E-state index is 14.0. The summed E-state index contributed by atoms with van der Waals surface area (Å²) in [4.78, 5) is 28.6. The van der Waals surface area contributed by atoms with Crippen molar-refractivity contribution in [2.45, 2.75) is 51.1 Å². The summed E-state index contributed by atoms with van der Waals surface area (Å²) in [6.45, 7) is 5.72. The van der Waals surface area contributed by atoms with Gasteiger partial charge in [0.15, 0.2) is 11.5 Å². The lowest BCUT2D eigenvalue weighted by atomic mass is 10.1. The average molecular weight is 582 g/mol. The van der Waals surface area contributed by atoms with Crippen molar-refractivity contribution in [1.29, 1.82) is 0 Å². The van der Waals surface area contributed by atoms with E-state index >= 15 is 0 Å². The van der Waals surface area contributed by atoms with Crippen LogP contribution < -0.4 is 19.1 Å². The lowest BCUT2D eigenvalue weighted by molar-refractivity contribution is -0.139. The van der Waals surface area contributed by atoms with Crippen molar-refractivity contribution in [3.05, 3.63) is 83.9 Å². The Bertz CT molecular complexity index is 1430. The predicted molar refractivity (Wildman–Crippen MR) is 160 cm³/mol. The van der Waals surface area contributed by atoms with Crippen molar-refractivity contribution in [2.24, 2.45) is 0 Å². The summed E-state index contributed by atoms with van der Waals surface area (Å²) in [6, 6.07) is 19.4. The summed E-state index contributed by atoms with van der Waals surface area (Å²) < 4.78 is 39.6. The molecule has 0 fully saturated rings. The third-order valence-electron chi connectivity index (χ3n) is 6.70. The molecule has 0 aliphatic rings. The molecule has 0 saturated carbocycles. The first-order chi connectivity index (χ1) is 19.6. The van der Waals surface area contributed by atoms with Crippen LogP contribution in [-0.4, -0.2) is 58.5 Å². The number of hydrogen-bond acceptors (Lipinski definition) is 6. The van der Waals surface area contributed by atoms with Gasteiger partial charge in [-0.1, -0.05) is 61.4 Å². The fourth-order valence-electron chi connectivity index (χ4n) is 4.35. The van der Waals surface area contributed by atoms with Gasteiger partial charge in [0, 0.05) is 19.2 Å². The smallest absolute Gasteiger partial charge is 0.264 e. The van der Waals surface area contributed by atoms with Gasteiger partial charge >= 0.3 is 0 Å². The minimum atomic E-state index is -4.18. The molecule has 2 amide bonds. The van der Waals surface area contributed by atoms with Crippen LogP contribution in [0.4, 0.5) is 5.69 Å². The van der Waals surface area contributed by atoms with Gasteiger partial charge in [-0.3, -0.25) is 13.9 Å². The number of hydrogen-bond donors (Lipinski definition) is 1. The topological polar surface area (TPSA) is 105 Å². The van der Waals surface area contributed by atoms with Crippen LogP contribution >= 0.6 is 0 Å². The molecule has 0 saturated heterocycles. The summed E-state index contributed by atoms with van der Waals surface area (Å²) >= 11 is 0. The Balaban J connectivity index is 2.05. The molecule has 0 unspecified atom stereocenters. The van der Waals surface area contributed by atoms with Crippen LogP contribution in [0.1, 0.15) is 37.8 Å². The van der Waals surface area contributed by atoms with E-state index < -0.39 is 28.5 Å². The number of methoxy groups -OCH3 is 2. The van der Waals surface area contributed by atoms with Gasteiger partial charge in [0.05, 0.1) is 24.8 Å². The Labute approximate surface area is 243 Å². The quantitative estimate of drug-likeness (QED) is 0.280. The molecule has 3 aromatic rings. The summed E-state index contributed by atoms with van der Waals surface area (Å²) in [6.07, 6.45) is 1.73. The van der Waals surface area contributed by atoms with Gasteiger partial charge in [-0.25, -0.2) is 8.42 Å². The highest BCUT2D eigenvalue weighted by Gasteiger charge is 2.33. The zero-order valence-corrected chi connectivity index (χ0v) is 25.1. The van der Waals surface area contributed by atoms with Gasteiger partial charge in [0.25, 0.3) is 10.0 Å². The number of sulfonamides is 1. The lowest BCUT2D eigenvalue weighted by Crippen LogP contribution is -2.51. The van der Waals surface area contributed by atoms with Crippen molar-refractivity contribution < 1.29 is 27.5 Å². The van der Waals surface area contributed by atoms with Gasteiger partial charge < -0.3 is 19.7 Å². The highest BCUT2D eigenvalue weighted by Crippen LogP contribution is 2.34. The van der Waals surface area contributed by atoms with E-state index in [2.05, 4.69) is 5.32 Å². The van der Waals surface area contributed by atoms with Gasteiger partial charge in [0.1, 0.15) is 12.6 Å². The molecule has 41 heavy (non-hydrogen) atoms. The second kappa shape index (κ2) is 14.5. The summed E-state index contributed by atoms with van der Waals surface area (Å²) in [5.41, 5.74) is 2.05. The third-order valence-corrected chi connectivity index (χ3v) is 8.49. The van der Waals surface area contributed by atoms with Gasteiger partial charge in [-0.2, -0.15) is 0 Å². The van der Waals surface area contributed by atoms with Crippen LogP contribution in [0.25, 0.3) is 0 Å². The molecule has 1 N–H and O–H groups in total. The van der Waals surface area contributed by atoms with Crippen LogP contribution in [0, 0.1) is 6.92 Å². The minimum absolute atomic E-state index is 0.0261. The molecule has 1 atom stereocenters. The maximum Gasteiger partial charge on any atom is 0.264 e. The number of ether oxygens (including phenoxy) is 2. The van der Waals surface area contributed by atoms with Crippen LogP contribution in [0.5, 0.6) is 11.5 Å². The number of carbonyl (C=O) groups excluding carboxylic acids is 2. The fourth-order valence-corrected chi connectivity index (χ4v) is 5.78. The van der Waals surface area contributed by atoms with E-state index in [0.717, 1.165) is 28.3 Å². The third kappa shape index (κ3) is 8.00. The molecule has 0 aliphatic carbocycles. The number of aryl methyl sites for hydroxylation is 1. The molecular formula is C31H39N3O6S. The Morgan fingerprint density at radius 3 is 2.27 bits per heavy atom. The first kappa shape index (κ1) is 31.5. The van der Waals surface area contributed by atoms with E-state index in [-0.39, 0.29) is 23.0 Å². The normalized spacial score (nSPS) is 11.8. The van der Waals surface area contributed by atoms with Crippen molar-refractivity contribution >= 4 is 27.5 Å². The van der Waals surface area contributed by atoms with Crippen LogP contribution in [0.15, 0.2) is 77.7 Å². The molecule has 3 rings (SSSR count). The number of benzene rings is 3. The number of unbranched alkanes of at least 4 members (excludes halogenated alkanes) is 1. The van der Waals surface area contributed by atoms with E-state index in [1.807, 2.05) is 38.1 Å². The molecule has 9 nitrogen and oxygen atoms in total. The Kier molecular flexibility index (Phi) is 11.2. The van der Waals surface area contributed by atoms with Gasteiger partial charge in [-0.15, -0.1) is 0 Å². The van der Waals surface area contributed by atoms with Crippen molar-refractivity contribution in [1.82, 2.24) is 10.2 Å². The van der Waals surface area contributed by atoms with E-state index in [4.69, 9.17) is 9.47 Å². The lowest BCUT2D eigenvalue weighted by Gasteiger charge is -2.32. The summed E-state index contributed by atoms with van der Waals surface area (Å²) in [5, 5.41) is 2.89. The second-order valence-corrected chi connectivity index (χ2v) is 11.6. The van der Waals surface area contributed by atoms with Crippen LogP contribution in [0.3, 0.4) is 0 Å². The molecule has 0 bridgehead atoms. The minimum Gasteiger partial charge on any atom is -0.493 e. The van der Waals surface area contributed by atoms with Gasteiger partial charge in [0.2, 0.25) is 11.8 Å². The molecule has 0 aromatic heterocycles. The van der Waals surface area contributed by atoms with E-state index in [1.165, 1.54) is 37.3 Å². The average Bonchev–Trinajstić information content (AvgIpc) is 2.98. The number of nitrogens with one attached hydrogen (secondary N) is 1. The molecular weight excluding hydrogens is 542 g/mol. The SMILES string of the molecule is CCCCNC(=O)[C@H](C)N(Cc1cccc(C)c1)C(=O)CN(c1ccc(OC)c(OC)c1)S(=O)(=O)c1ccccc1. The monoisotopic (exact) mass is 581 g/mol. The highest BCUT2D eigenvalue weighted by molar-refractivity contribution is 7.92. The molecule has 220 valence electrons. The highest BCUT2D eigenvalue weighted by atomic mass is 32.2. The number of carbonyl (C=O) groups is 2. The molecule has 0 heterocycles. The Morgan fingerprint density at radius 1 is 0.927 bits per heavy atom. The molecule has 0 radical (unpaired) electrons. The van der Waals surface area contributed by atoms with E-state index in [0.29, 0.717) is 18.0 Å². The Hall–Kier alpha value is -4.05. The zero-order valence-electron chi connectivity index (χ0n) is 24.3. The van der Waals surface area contributed by atoms with Crippen LogP contribution in [0.2, 0.25) is 0 Å². The fraction of sp³-hybridized carbons (Fsp3) is 0.355. The van der Waals surface area contributed by atoms with E-state index in [9.17, 15) is 18.0 Å². The standard InChI is InChI=1S/C31H39N3O6S/c1-6-7-18-32-31(36)24(3)33(21-25-13-11-12-23(2)19-25)30(35)22-34(41(37,38)27-14-9-8-10-15-27)26-16-17-28(39-4)29(20-26)40-5/h8-17,19-20,24H,6-7,18,21-22H2,1-5H3,(H,32,36)/t24-/m0/s1. The zero-order chi connectivity index (χ0) is 30.0. The summed E-state index contributed by atoms with van der Waals surface area (Å²) in [5.74, 6) is -0.106. The maximum absolute atomic E-state index is 14.0. The number of nitrogens with zero attached hydrogens (tertiary/aromatic N) is 2. The van der Waals surface area contributed by atoms with E-state index in [1.54, 1.807) is 37.3 Å². The molecule has 10 heteroatoms. The largest absolute Gasteiger partial charge is 0.493 e. The molecule has 0 aliphatic heterocycles. The molecule has 0 spiro atoms. The Morgan fingerprint density at radius 2 is 1.63 bits per heavy atom. The summed E-state index contributed by atoms with van der Waals surface area (Å²) in [7, 11) is -1.25. The first-order valence-corrected chi connectivity index (χ1v) is 15.0. The first-order valence-electron chi connectivity index (χ1n) is 13.5. The predicted octanol–water partition coefficient (Wildman–Crippen LogP) is 4.54. The number of anilines is 1. The van der Waals surface area contributed by atoms with Crippen LogP contribution in [-0.2, 0) is 26.2 Å². The van der Waals surface area contributed by atoms with Crippen molar-refractivity contribution in [3.8, 4) is 11.5 Å². The number of amides is 2.